The Kier molecular flexibility index (Phi) is 10.1. The summed E-state index contributed by atoms with van der Waals surface area (Å²) in [6.45, 7) is 8.59. The fourth-order valence-corrected chi connectivity index (χ4v) is 5.03. The van der Waals surface area contributed by atoms with Crippen LogP contribution in [-0.4, -0.2) is 50.5 Å². The number of para-hydroxylation sites is 1. The van der Waals surface area contributed by atoms with E-state index in [4.69, 9.17) is 0 Å². The molecule has 2 aromatic rings. The molecule has 0 spiro atoms. The van der Waals surface area contributed by atoms with Crippen LogP contribution in [0.4, 0.5) is 5.69 Å². The second-order valence-corrected chi connectivity index (χ2v) is 10.4. The van der Waals surface area contributed by atoms with Gasteiger partial charge in [-0.15, -0.1) is 0 Å². The van der Waals surface area contributed by atoms with Crippen molar-refractivity contribution in [1.29, 1.82) is 0 Å². The molecule has 0 saturated heterocycles. The highest BCUT2D eigenvalue weighted by Crippen LogP contribution is 2.23. The fraction of sp³-hybridized carbons (Fsp3) is 0.462. The fourth-order valence-electron chi connectivity index (χ4n) is 4.01. The number of likely N-dealkylation sites (N-methyl/N-ethyl adjacent to an activating group) is 1. The van der Waals surface area contributed by atoms with Crippen LogP contribution in [0.1, 0.15) is 49.8 Å². The van der Waals surface area contributed by atoms with Gasteiger partial charge in [0.15, 0.2) is 0 Å². The highest BCUT2D eigenvalue weighted by Gasteiger charge is 2.29. The molecule has 1 unspecified atom stereocenters. The van der Waals surface area contributed by atoms with Crippen LogP contribution in [0.25, 0.3) is 0 Å². The topological polar surface area (TPSA) is 86.8 Å². The molecule has 0 aliphatic heterocycles. The number of anilines is 1. The summed E-state index contributed by atoms with van der Waals surface area (Å²) in [7, 11) is -3.51. The standard InChI is InChI=1S/C26H37N3O4S/c1-6-23(26(31)27-7-2)28(19-22-15-10-8-13-20(22)3)25(30)17-12-18-29(34(5,32)33)24-16-11-9-14-21(24)4/h8-11,13-16,23H,6-7,12,17-19H2,1-5H3,(H,27,31). The summed E-state index contributed by atoms with van der Waals surface area (Å²) in [6.07, 6.45) is 2.14. The van der Waals surface area contributed by atoms with Crippen molar-refractivity contribution in [2.24, 2.45) is 0 Å². The second-order valence-electron chi connectivity index (χ2n) is 8.49. The van der Waals surface area contributed by atoms with Crippen molar-refractivity contribution >= 4 is 27.5 Å². The van der Waals surface area contributed by atoms with Crippen molar-refractivity contribution in [2.75, 3.05) is 23.7 Å². The molecule has 0 aliphatic carbocycles. The van der Waals surface area contributed by atoms with E-state index in [2.05, 4.69) is 5.32 Å². The predicted molar refractivity (Wildman–Crippen MR) is 137 cm³/mol. The van der Waals surface area contributed by atoms with Crippen molar-refractivity contribution < 1.29 is 18.0 Å². The highest BCUT2D eigenvalue weighted by molar-refractivity contribution is 7.92. The first-order valence-corrected chi connectivity index (χ1v) is 13.6. The number of benzene rings is 2. The van der Waals surface area contributed by atoms with Gasteiger partial charge in [0.2, 0.25) is 21.8 Å². The summed E-state index contributed by atoms with van der Waals surface area (Å²) in [4.78, 5) is 27.8. The third kappa shape index (κ3) is 7.32. The van der Waals surface area contributed by atoms with Gasteiger partial charge in [-0.1, -0.05) is 49.4 Å². The van der Waals surface area contributed by atoms with Crippen molar-refractivity contribution in [2.45, 2.75) is 59.5 Å². The number of carbonyl (C=O) groups excluding carboxylic acids is 2. The highest BCUT2D eigenvalue weighted by atomic mass is 32.2. The quantitative estimate of drug-likeness (QED) is 0.493. The molecular weight excluding hydrogens is 450 g/mol. The van der Waals surface area contributed by atoms with Gasteiger partial charge in [0.05, 0.1) is 11.9 Å². The van der Waals surface area contributed by atoms with E-state index in [1.54, 1.807) is 17.0 Å². The van der Waals surface area contributed by atoms with Crippen molar-refractivity contribution in [1.82, 2.24) is 10.2 Å². The Hall–Kier alpha value is -2.87. The number of nitrogens with zero attached hydrogens (tertiary/aromatic N) is 2. The molecule has 8 heteroatoms. The van der Waals surface area contributed by atoms with Crippen LogP contribution >= 0.6 is 0 Å². The molecule has 0 radical (unpaired) electrons. The average Bonchev–Trinajstić information content (AvgIpc) is 2.78. The summed E-state index contributed by atoms with van der Waals surface area (Å²) in [6, 6.07) is 14.5. The summed E-state index contributed by atoms with van der Waals surface area (Å²) < 4.78 is 26.3. The normalized spacial score (nSPS) is 12.1. The Morgan fingerprint density at radius 1 is 0.971 bits per heavy atom. The number of nitrogens with one attached hydrogen (secondary N) is 1. The maximum absolute atomic E-state index is 13.4. The number of aryl methyl sites for hydroxylation is 2. The lowest BCUT2D eigenvalue weighted by Gasteiger charge is -2.31. The van der Waals surface area contributed by atoms with Crippen molar-refractivity contribution in [3.05, 3.63) is 65.2 Å². The van der Waals surface area contributed by atoms with E-state index in [9.17, 15) is 18.0 Å². The van der Waals surface area contributed by atoms with Crippen LogP contribution in [0.3, 0.4) is 0 Å². The smallest absolute Gasteiger partial charge is 0.242 e. The Bertz CT molecular complexity index is 1080. The molecule has 0 saturated carbocycles. The van der Waals surface area contributed by atoms with Gasteiger partial charge in [-0.3, -0.25) is 13.9 Å². The largest absolute Gasteiger partial charge is 0.355 e. The molecule has 0 fully saturated rings. The first kappa shape index (κ1) is 27.4. The predicted octanol–water partition coefficient (Wildman–Crippen LogP) is 3.79. The molecule has 2 rings (SSSR count). The number of carbonyl (C=O) groups is 2. The minimum absolute atomic E-state index is 0.139. The van der Waals surface area contributed by atoms with E-state index in [0.29, 0.717) is 31.6 Å². The lowest BCUT2D eigenvalue weighted by molar-refractivity contribution is -0.141. The van der Waals surface area contributed by atoms with Gasteiger partial charge in [-0.25, -0.2) is 8.42 Å². The molecular formula is C26H37N3O4S. The lowest BCUT2D eigenvalue weighted by atomic mass is 10.1. The monoisotopic (exact) mass is 487 g/mol. The summed E-state index contributed by atoms with van der Waals surface area (Å²) in [5.41, 5.74) is 3.50. The van der Waals surface area contributed by atoms with Crippen LogP contribution in [0.5, 0.6) is 0 Å². The number of sulfonamides is 1. The SMILES string of the molecule is CCNC(=O)C(CC)N(Cc1ccccc1C)C(=O)CCCN(c1ccccc1C)S(C)(=O)=O. The third-order valence-electron chi connectivity index (χ3n) is 5.88. The zero-order chi connectivity index (χ0) is 25.3. The third-order valence-corrected chi connectivity index (χ3v) is 7.06. The van der Waals surface area contributed by atoms with Gasteiger partial charge in [-0.2, -0.15) is 0 Å². The van der Waals surface area contributed by atoms with Crippen LogP contribution < -0.4 is 9.62 Å². The molecule has 1 N–H and O–H groups in total. The average molecular weight is 488 g/mol. The number of hydrogen-bond acceptors (Lipinski definition) is 4. The van der Waals surface area contributed by atoms with E-state index in [1.165, 1.54) is 10.6 Å². The summed E-state index contributed by atoms with van der Waals surface area (Å²) >= 11 is 0. The van der Waals surface area contributed by atoms with E-state index in [0.717, 1.165) is 16.7 Å². The maximum Gasteiger partial charge on any atom is 0.242 e. The maximum atomic E-state index is 13.4. The molecule has 7 nitrogen and oxygen atoms in total. The molecule has 0 bridgehead atoms. The molecule has 1 atom stereocenters. The molecule has 0 heterocycles. The van der Waals surface area contributed by atoms with Crippen LogP contribution in [0.15, 0.2) is 48.5 Å². The zero-order valence-electron chi connectivity index (χ0n) is 20.9. The second kappa shape index (κ2) is 12.6. The first-order valence-electron chi connectivity index (χ1n) is 11.7. The molecule has 34 heavy (non-hydrogen) atoms. The molecule has 0 aliphatic rings. The molecule has 2 amide bonds. The number of rotatable bonds is 12. The first-order chi connectivity index (χ1) is 16.1. The Labute approximate surface area is 204 Å². The number of amides is 2. The Morgan fingerprint density at radius 3 is 2.15 bits per heavy atom. The number of hydrogen-bond donors (Lipinski definition) is 1. The summed E-state index contributed by atoms with van der Waals surface area (Å²) in [5, 5.41) is 2.83. The minimum Gasteiger partial charge on any atom is -0.355 e. The van der Waals surface area contributed by atoms with Crippen LogP contribution in [-0.2, 0) is 26.2 Å². The Morgan fingerprint density at radius 2 is 1.59 bits per heavy atom. The van der Waals surface area contributed by atoms with E-state index >= 15 is 0 Å². The van der Waals surface area contributed by atoms with Gasteiger partial charge >= 0.3 is 0 Å². The molecule has 0 aromatic heterocycles. The zero-order valence-corrected chi connectivity index (χ0v) is 21.7. The van der Waals surface area contributed by atoms with E-state index in [-0.39, 0.29) is 24.8 Å². The molecule has 2 aromatic carbocycles. The van der Waals surface area contributed by atoms with Gasteiger partial charge in [0.1, 0.15) is 6.04 Å². The van der Waals surface area contributed by atoms with Crippen LogP contribution in [0, 0.1) is 13.8 Å². The molecule has 186 valence electrons. The van der Waals surface area contributed by atoms with Gasteiger partial charge in [0, 0.05) is 26.1 Å². The van der Waals surface area contributed by atoms with E-state index in [1.807, 2.05) is 64.1 Å². The Balaban J connectivity index is 2.22. The lowest BCUT2D eigenvalue weighted by Crippen LogP contribution is -2.49. The van der Waals surface area contributed by atoms with Gasteiger partial charge < -0.3 is 10.2 Å². The van der Waals surface area contributed by atoms with Gasteiger partial charge in [-0.05, 0) is 56.4 Å². The summed E-state index contributed by atoms with van der Waals surface area (Å²) in [5.74, 6) is -0.343. The van der Waals surface area contributed by atoms with E-state index < -0.39 is 16.1 Å². The van der Waals surface area contributed by atoms with Crippen LogP contribution in [0.2, 0.25) is 0 Å². The van der Waals surface area contributed by atoms with Crippen molar-refractivity contribution in [3.63, 3.8) is 0 Å². The van der Waals surface area contributed by atoms with Crippen molar-refractivity contribution in [3.8, 4) is 0 Å². The van der Waals surface area contributed by atoms with Gasteiger partial charge in [0.25, 0.3) is 0 Å². The minimum atomic E-state index is -3.51.